The van der Waals surface area contributed by atoms with Gasteiger partial charge in [0.05, 0.1) is 4.92 Å². The van der Waals surface area contributed by atoms with E-state index in [4.69, 9.17) is 0 Å². The largest absolute Gasteiger partial charge is 0.272 e. The number of nitrogens with zero attached hydrogens (tertiary/aromatic N) is 1. The van der Waals surface area contributed by atoms with E-state index in [2.05, 4.69) is 24.3 Å². The van der Waals surface area contributed by atoms with Crippen LogP contribution in [-0.2, 0) is 6.42 Å². The van der Waals surface area contributed by atoms with Crippen LogP contribution in [0.3, 0.4) is 0 Å². The van der Waals surface area contributed by atoms with Gasteiger partial charge in [-0.2, -0.15) is 0 Å². The van der Waals surface area contributed by atoms with Gasteiger partial charge in [0, 0.05) is 18.1 Å². The van der Waals surface area contributed by atoms with Gasteiger partial charge in [-0.25, -0.2) is 0 Å². The van der Waals surface area contributed by atoms with Crippen LogP contribution in [-0.4, -0.2) is 4.92 Å². The molecule has 0 unspecified atom stereocenters. The average Bonchev–Trinajstić information content (AvgIpc) is 2.56. The summed E-state index contributed by atoms with van der Waals surface area (Å²) in [5.41, 5.74) is 4.24. The van der Waals surface area contributed by atoms with Crippen LogP contribution in [0.1, 0.15) is 11.1 Å². The van der Waals surface area contributed by atoms with Gasteiger partial charge in [0.2, 0.25) is 0 Å². The molecule has 0 bridgehead atoms. The third kappa shape index (κ3) is 3.04. The highest BCUT2D eigenvalue weighted by Crippen LogP contribution is 2.24. The van der Waals surface area contributed by atoms with Gasteiger partial charge < -0.3 is 0 Å². The Morgan fingerprint density at radius 2 is 1.45 bits per heavy atom. The highest BCUT2D eigenvalue weighted by molar-refractivity contribution is 5.64. The van der Waals surface area contributed by atoms with E-state index in [1.54, 1.807) is 12.1 Å². The smallest absolute Gasteiger partial charge is 0.258 e. The van der Waals surface area contributed by atoms with Gasteiger partial charge in [-0.05, 0) is 16.7 Å². The van der Waals surface area contributed by atoms with E-state index in [-0.39, 0.29) is 10.6 Å². The maximum absolute atomic E-state index is 11.1. The van der Waals surface area contributed by atoms with Crippen molar-refractivity contribution in [3.8, 4) is 11.1 Å². The van der Waals surface area contributed by atoms with Crippen molar-refractivity contribution in [3.63, 3.8) is 0 Å². The molecule has 3 aromatic carbocycles. The van der Waals surface area contributed by atoms with E-state index >= 15 is 0 Å². The second-order valence-electron chi connectivity index (χ2n) is 5.13. The fourth-order valence-corrected chi connectivity index (χ4v) is 2.55. The van der Waals surface area contributed by atoms with E-state index in [9.17, 15) is 10.1 Å². The predicted octanol–water partition coefficient (Wildman–Crippen LogP) is 4.85. The Kier molecular flexibility index (Phi) is 3.97. The maximum Gasteiger partial charge on any atom is 0.272 e. The summed E-state index contributed by atoms with van der Waals surface area (Å²) in [6, 6.07) is 25.2. The SMILES string of the molecule is O=[N+]([O-])c1ccccc1Cc1cccc(-c2ccccc2)c1. The molecule has 0 atom stereocenters. The number of benzene rings is 3. The van der Waals surface area contributed by atoms with Gasteiger partial charge in [0.15, 0.2) is 0 Å². The van der Waals surface area contributed by atoms with E-state index in [0.717, 1.165) is 22.3 Å². The number of hydrogen-bond acceptors (Lipinski definition) is 2. The first kappa shape index (κ1) is 14.0. The first-order valence-corrected chi connectivity index (χ1v) is 7.11. The van der Waals surface area contributed by atoms with Crippen molar-refractivity contribution in [2.24, 2.45) is 0 Å². The topological polar surface area (TPSA) is 43.1 Å². The molecule has 22 heavy (non-hydrogen) atoms. The standard InChI is InChI=1S/C19H15NO2/c21-20(22)19-12-5-4-10-18(19)14-15-7-6-11-17(13-15)16-8-2-1-3-9-16/h1-13H,14H2. The monoisotopic (exact) mass is 289 g/mol. The normalized spacial score (nSPS) is 10.4. The van der Waals surface area contributed by atoms with Crippen molar-refractivity contribution in [1.82, 2.24) is 0 Å². The fourth-order valence-electron chi connectivity index (χ4n) is 2.55. The summed E-state index contributed by atoms with van der Waals surface area (Å²) in [5, 5.41) is 11.1. The molecular weight excluding hydrogens is 274 g/mol. The highest BCUT2D eigenvalue weighted by atomic mass is 16.6. The molecule has 3 aromatic rings. The van der Waals surface area contributed by atoms with Crippen LogP contribution < -0.4 is 0 Å². The lowest BCUT2D eigenvalue weighted by atomic mass is 9.98. The van der Waals surface area contributed by atoms with Crippen LogP contribution in [0, 0.1) is 10.1 Å². The zero-order valence-corrected chi connectivity index (χ0v) is 12.0. The lowest BCUT2D eigenvalue weighted by Crippen LogP contribution is -1.96. The summed E-state index contributed by atoms with van der Waals surface area (Å²) in [5.74, 6) is 0. The molecule has 0 aliphatic rings. The summed E-state index contributed by atoms with van der Waals surface area (Å²) in [7, 11) is 0. The van der Waals surface area contributed by atoms with Gasteiger partial charge >= 0.3 is 0 Å². The minimum absolute atomic E-state index is 0.174. The van der Waals surface area contributed by atoms with Gasteiger partial charge in [0.1, 0.15) is 0 Å². The molecule has 0 aliphatic carbocycles. The van der Waals surface area contributed by atoms with Gasteiger partial charge in [-0.1, -0.05) is 72.8 Å². The van der Waals surface area contributed by atoms with Crippen molar-refractivity contribution in [2.75, 3.05) is 0 Å². The zero-order valence-electron chi connectivity index (χ0n) is 12.0. The molecule has 0 radical (unpaired) electrons. The molecule has 0 aliphatic heterocycles. The van der Waals surface area contributed by atoms with E-state index < -0.39 is 0 Å². The second-order valence-corrected chi connectivity index (χ2v) is 5.13. The fraction of sp³-hybridized carbons (Fsp3) is 0.0526. The van der Waals surface area contributed by atoms with Gasteiger partial charge in [-0.3, -0.25) is 10.1 Å². The van der Waals surface area contributed by atoms with Crippen molar-refractivity contribution in [3.05, 3.63) is 100 Å². The number of nitro groups is 1. The molecule has 0 saturated heterocycles. The molecule has 3 nitrogen and oxygen atoms in total. The van der Waals surface area contributed by atoms with Crippen LogP contribution >= 0.6 is 0 Å². The molecule has 0 amide bonds. The Hall–Kier alpha value is -2.94. The van der Waals surface area contributed by atoms with Gasteiger partial charge in [0.25, 0.3) is 5.69 Å². The van der Waals surface area contributed by atoms with Crippen LogP contribution in [0.15, 0.2) is 78.9 Å². The van der Waals surface area contributed by atoms with Crippen molar-refractivity contribution in [2.45, 2.75) is 6.42 Å². The summed E-state index contributed by atoms with van der Waals surface area (Å²) in [6.07, 6.45) is 0.553. The molecule has 0 saturated carbocycles. The molecule has 0 heterocycles. The van der Waals surface area contributed by atoms with Crippen molar-refractivity contribution < 1.29 is 4.92 Å². The molecule has 0 spiro atoms. The molecule has 3 heteroatoms. The lowest BCUT2D eigenvalue weighted by molar-refractivity contribution is -0.385. The number of nitro benzene ring substituents is 1. The molecule has 3 rings (SSSR count). The van der Waals surface area contributed by atoms with Crippen LogP contribution in [0.25, 0.3) is 11.1 Å². The summed E-state index contributed by atoms with van der Waals surface area (Å²) >= 11 is 0. The third-order valence-corrected chi connectivity index (χ3v) is 3.62. The Bertz CT molecular complexity index is 797. The van der Waals surface area contributed by atoms with E-state index in [1.807, 2.05) is 42.5 Å². The Balaban J connectivity index is 1.93. The molecule has 108 valence electrons. The van der Waals surface area contributed by atoms with Crippen LogP contribution in [0.2, 0.25) is 0 Å². The van der Waals surface area contributed by atoms with E-state index in [1.165, 1.54) is 0 Å². The molecule has 0 fully saturated rings. The minimum atomic E-state index is -0.323. The Labute approximate surface area is 129 Å². The zero-order chi connectivity index (χ0) is 15.4. The number of rotatable bonds is 4. The first-order valence-electron chi connectivity index (χ1n) is 7.11. The molecule has 0 aromatic heterocycles. The van der Waals surface area contributed by atoms with Gasteiger partial charge in [-0.15, -0.1) is 0 Å². The highest BCUT2D eigenvalue weighted by Gasteiger charge is 2.12. The van der Waals surface area contributed by atoms with E-state index in [0.29, 0.717) is 6.42 Å². The van der Waals surface area contributed by atoms with Crippen LogP contribution in [0.4, 0.5) is 5.69 Å². The second kappa shape index (κ2) is 6.22. The quantitative estimate of drug-likeness (QED) is 0.509. The predicted molar refractivity (Wildman–Crippen MR) is 87.8 cm³/mol. The summed E-state index contributed by atoms with van der Waals surface area (Å²) < 4.78 is 0. The first-order chi connectivity index (χ1) is 10.7. The van der Waals surface area contributed by atoms with Crippen molar-refractivity contribution >= 4 is 5.69 Å². The number of para-hydroxylation sites is 1. The summed E-state index contributed by atoms with van der Waals surface area (Å²) in [6.45, 7) is 0. The number of hydrogen-bond donors (Lipinski definition) is 0. The Morgan fingerprint density at radius 3 is 2.23 bits per heavy atom. The summed E-state index contributed by atoms with van der Waals surface area (Å²) in [4.78, 5) is 10.8. The maximum atomic E-state index is 11.1. The minimum Gasteiger partial charge on any atom is -0.258 e. The third-order valence-electron chi connectivity index (χ3n) is 3.62. The average molecular weight is 289 g/mol. The molecular formula is C19H15NO2. The Morgan fingerprint density at radius 1 is 0.773 bits per heavy atom. The lowest BCUT2D eigenvalue weighted by Gasteiger charge is -2.06. The molecule has 0 N–H and O–H groups in total. The van der Waals surface area contributed by atoms with Crippen LogP contribution in [0.5, 0.6) is 0 Å². The van der Waals surface area contributed by atoms with Crippen molar-refractivity contribution in [1.29, 1.82) is 0 Å².